The van der Waals surface area contributed by atoms with Gasteiger partial charge in [0, 0.05) is 11.1 Å². The van der Waals surface area contributed by atoms with E-state index in [9.17, 15) is 4.79 Å². The number of anilines is 2. The fourth-order valence-electron chi connectivity index (χ4n) is 1.89. The van der Waals surface area contributed by atoms with Crippen molar-refractivity contribution in [3.63, 3.8) is 0 Å². The van der Waals surface area contributed by atoms with E-state index in [0.717, 1.165) is 12.1 Å². The number of rotatable bonds is 7. The summed E-state index contributed by atoms with van der Waals surface area (Å²) in [4.78, 5) is 15.8. The summed E-state index contributed by atoms with van der Waals surface area (Å²) in [5, 5.41) is 5.60. The van der Waals surface area contributed by atoms with Gasteiger partial charge in [-0.1, -0.05) is 25.5 Å². The van der Waals surface area contributed by atoms with Crippen LogP contribution in [0.1, 0.15) is 42.7 Å². The molecule has 0 aliphatic heterocycles. The number of esters is 1. The summed E-state index contributed by atoms with van der Waals surface area (Å²) in [6, 6.07) is 8.32. The third-order valence-corrected chi connectivity index (χ3v) is 3.77. The number of benzene rings is 1. The molecule has 0 atom stereocenters. The molecule has 21 heavy (non-hydrogen) atoms. The Kier molecular flexibility index (Phi) is 5.75. The van der Waals surface area contributed by atoms with Crippen LogP contribution in [0.15, 0.2) is 29.6 Å². The molecule has 0 fully saturated rings. The average Bonchev–Trinajstić information content (AvgIpc) is 2.95. The van der Waals surface area contributed by atoms with Crippen molar-refractivity contribution in [1.82, 2.24) is 4.98 Å². The molecule has 2 rings (SSSR count). The molecular weight excluding hydrogens is 284 g/mol. The zero-order chi connectivity index (χ0) is 15.1. The van der Waals surface area contributed by atoms with Crippen molar-refractivity contribution < 1.29 is 9.53 Å². The number of carbonyl (C=O) groups excluding carboxylic acids is 1. The lowest BCUT2D eigenvalue weighted by Crippen LogP contribution is -2.04. The van der Waals surface area contributed by atoms with Crippen LogP contribution in [0.4, 0.5) is 10.8 Å². The normalized spacial score (nSPS) is 10.4. The predicted molar refractivity (Wildman–Crippen MR) is 86.4 cm³/mol. The quantitative estimate of drug-likeness (QED) is 0.770. The lowest BCUT2D eigenvalue weighted by molar-refractivity contribution is 0.0520. The van der Waals surface area contributed by atoms with Gasteiger partial charge in [0.05, 0.1) is 6.61 Å². The second-order valence-corrected chi connectivity index (χ2v) is 5.54. The Morgan fingerprint density at radius 2 is 2.05 bits per heavy atom. The van der Waals surface area contributed by atoms with Crippen LogP contribution in [-0.4, -0.2) is 17.6 Å². The number of thiazole rings is 1. The smallest absolute Gasteiger partial charge is 0.357 e. The van der Waals surface area contributed by atoms with Crippen molar-refractivity contribution >= 4 is 28.1 Å². The first-order valence-corrected chi connectivity index (χ1v) is 8.09. The van der Waals surface area contributed by atoms with Crippen LogP contribution in [0, 0.1) is 0 Å². The Balaban J connectivity index is 1.96. The van der Waals surface area contributed by atoms with Gasteiger partial charge in [0.2, 0.25) is 0 Å². The van der Waals surface area contributed by atoms with E-state index in [2.05, 4.69) is 29.4 Å². The van der Waals surface area contributed by atoms with Gasteiger partial charge in [-0.3, -0.25) is 0 Å². The van der Waals surface area contributed by atoms with Gasteiger partial charge in [0.15, 0.2) is 10.8 Å². The molecule has 112 valence electrons. The zero-order valence-electron chi connectivity index (χ0n) is 12.4. The van der Waals surface area contributed by atoms with E-state index in [-0.39, 0.29) is 5.97 Å². The third-order valence-electron chi connectivity index (χ3n) is 3.01. The van der Waals surface area contributed by atoms with E-state index in [1.54, 1.807) is 12.3 Å². The highest BCUT2D eigenvalue weighted by Crippen LogP contribution is 2.22. The first-order valence-electron chi connectivity index (χ1n) is 7.21. The summed E-state index contributed by atoms with van der Waals surface area (Å²) in [5.41, 5.74) is 2.66. The molecule has 5 heteroatoms. The van der Waals surface area contributed by atoms with Crippen molar-refractivity contribution in [2.45, 2.75) is 33.1 Å². The molecule has 1 aromatic heterocycles. The predicted octanol–water partition coefficient (Wildman–Crippen LogP) is 4.41. The summed E-state index contributed by atoms with van der Waals surface area (Å²) in [5.74, 6) is -0.378. The van der Waals surface area contributed by atoms with Gasteiger partial charge >= 0.3 is 5.97 Å². The zero-order valence-corrected chi connectivity index (χ0v) is 13.2. The molecule has 1 aromatic carbocycles. The molecule has 4 nitrogen and oxygen atoms in total. The highest BCUT2D eigenvalue weighted by Gasteiger charge is 2.11. The fraction of sp³-hybridized carbons (Fsp3) is 0.375. The van der Waals surface area contributed by atoms with Crippen LogP contribution in [-0.2, 0) is 11.2 Å². The van der Waals surface area contributed by atoms with E-state index in [4.69, 9.17) is 4.74 Å². The van der Waals surface area contributed by atoms with E-state index in [1.807, 2.05) is 12.1 Å². The monoisotopic (exact) mass is 304 g/mol. The Labute approximate surface area is 129 Å². The summed E-state index contributed by atoms with van der Waals surface area (Å²) in [7, 11) is 0. The Morgan fingerprint density at radius 3 is 2.71 bits per heavy atom. The minimum absolute atomic E-state index is 0.351. The fourth-order valence-corrected chi connectivity index (χ4v) is 2.59. The molecule has 0 saturated carbocycles. The molecule has 1 heterocycles. The van der Waals surface area contributed by atoms with Crippen molar-refractivity contribution in [2.24, 2.45) is 0 Å². The molecular formula is C16H20N2O2S. The first-order chi connectivity index (χ1) is 10.2. The summed E-state index contributed by atoms with van der Waals surface area (Å²) in [6.45, 7) is 4.33. The van der Waals surface area contributed by atoms with Gasteiger partial charge < -0.3 is 10.1 Å². The molecule has 1 N–H and O–H groups in total. The van der Waals surface area contributed by atoms with E-state index < -0.39 is 0 Å². The van der Waals surface area contributed by atoms with E-state index in [1.165, 1.54) is 29.7 Å². The standard InChI is InChI=1S/C16H20N2O2S/c1-3-5-6-12-7-9-13(10-8-12)17-16-18-14(11-21-16)15(19)20-4-2/h7-11H,3-6H2,1-2H3,(H,17,18). The number of unbranched alkanes of at least 4 members (excludes halogenated alkanes) is 1. The number of nitrogens with zero attached hydrogens (tertiary/aromatic N) is 1. The summed E-state index contributed by atoms with van der Waals surface area (Å²) in [6.07, 6.45) is 3.53. The van der Waals surface area contributed by atoms with Crippen molar-refractivity contribution in [3.8, 4) is 0 Å². The number of hydrogen-bond donors (Lipinski definition) is 1. The SMILES string of the molecule is CCCCc1ccc(Nc2nc(C(=O)OCC)cs2)cc1. The molecule has 0 unspecified atom stereocenters. The van der Waals surface area contributed by atoms with Gasteiger partial charge in [-0.05, 0) is 37.5 Å². The Morgan fingerprint density at radius 1 is 1.29 bits per heavy atom. The molecule has 2 aromatic rings. The van der Waals surface area contributed by atoms with Crippen LogP contribution in [0.3, 0.4) is 0 Å². The Bertz CT molecular complexity index is 578. The van der Waals surface area contributed by atoms with Crippen LogP contribution >= 0.6 is 11.3 Å². The number of ether oxygens (including phenoxy) is 1. The van der Waals surface area contributed by atoms with Crippen LogP contribution in [0.25, 0.3) is 0 Å². The molecule has 0 bridgehead atoms. The van der Waals surface area contributed by atoms with Crippen molar-refractivity contribution in [1.29, 1.82) is 0 Å². The van der Waals surface area contributed by atoms with Crippen LogP contribution in [0.2, 0.25) is 0 Å². The van der Waals surface area contributed by atoms with Gasteiger partial charge in [-0.2, -0.15) is 0 Å². The number of nitrogens with one attached hydrogen (secondary N) is 1. The van der Waals surface area contributed by atoms with Gasteiger partial charge in [0.25, 0.3) is 0 Å². The topological polar surface area (TPSA) is 51.2 Å². The third kappa shape index (κ3) is 4.56. The average molecular weight is 304 g/mol. The maximum absolute atomic E-state index is 11.5. The Hall–Kier alpha value is -1.88. The minimum atomic E-state index is -0.378. The number of carbonyl (C=O) groups is 1. The van der Waals surface area contributed by atoms with Gasteiger partial charge in [0.1, 0.15) is 0 Å². The summed E-state index contributed by atoms with van der Waals surface area (Å²) < 4.78 is 4.92. The minimum Gasteiger partial charge on any atom is -0.461 e. The molecule has 0 aliphatic rings. The molecule has 0 aliphatic carbocycles. The largest absolute Gasteiger partial charge is 0.461 e. The second kappa shape index (κ2) is 7.78. The lowest BCUT2D eigenvalue weighted by Gasteiger charge is -2.04. The highest BCUT2D eigenvalue weighted by molar-refractivity contribution is 7.14. The van der Waals surface area contributed by atoms with Crippen LogP contribution in [0.5, 0.6) is 0 Å². The molecule has 0 spiro atoms. The highest BCUT2D eigenvalue weighted by atomic mass is 32.1. The maximum Gasteiger partial charge on any atom is 0.357 e. The van der Waals surface area contributed by atoms with Crippen LogP contribution < -0.4 is 5.32 Å². The van der Waals surface area contributed by atoms with Gasteiger partial charge in [-0.25, -0.2) is 9.78 Å². The molecule has 0 amide bonds. The molecule has 0 saturated heterocycles. The molecule has 0 radical (unpaired) electrons. The maximum atomic E-state index is 11.5. The lowest BCUT2D eigenvalue weighted by atomic mass is 10.1. The number of aromatic nitrogens is 1. The first kappa shape index (κ1) is 15.5. The number of hydrogen-bond acceptors (Lipinski definition) is 5. The number of aryl methyl sites for hydroxylation is 1. The van der Waals surface area contributed by atoms with Gasteiger partial charge in [-0.15, -0.1) is 11.3 Å². The van der Waals surface area contributed by atoms with Crippen molar-refractivity contribution in [2.75, 3.05) is 11.9 Å². The summed E-state index contributed by atoms with van der Waals surface area (Å²) >= 11 is 1.39. The van der Waals surface area contributed by atoms with E-state index >= 15 is 0 Å². The van der Waals surface area contributed by atoms with Crippen molar-refractivity contribution in [3.05, 3.63) is 40.9 Å². The second-order valence-electron chi connectivity index (χ2n) is 4.68. The van der Waals surface area contributed by atoms with E-state index in [0.29, 0.717) is 17.4 Å².